The van der Waals surface area contributed by atoms with Gasteiger partial charge in [-0.05, 0) is 152 Å². The molecule has 0 bridgehead atoms. The smallest absolute Gasteiger partial charge is 0.368 e. The van der Waals surface area contributed by atoms with Crippen LogP contribution in [0.2, 0.25) is 0 Å². The number of halogens is 5. The van der Waals surface area contributed by atoms with Gasteiger partial charge in [0.05, 0.1) is 52.3 Å². The van der Waals surface area contributed by atoms with E-state index in [1.807, 2.05) is 138 Å². The van der Waals surface area contributed by atoms with Crippen LogP contribution in [0, 0.1) is 44.2 Å². The van der Waals surface area contributed by atoms with Crippen molar-refractivity contribution in [1.82, 2.24) is 99.0 Å². The monoisotopic (exact) mass is 2430 g/mol. The van der Waals surface area contributed by atoms with Gasteiger partial charge in [-0.2, -0.15) is 138 Å². The zero-order valence-corrected chi connectivity index (χ0v) is 93.3. The fraction of sp³-hybridized carbons (Fsp3) is 0.226. The molecule has 0 saturated heterocycles. The minimum absolute atomic E-state index is 0. The fourth-order valence-electron chi connectivity index (χ4n) is 11.4. The summed E-state index contributed by atoms with van der Waals surface area (Å²) >= 11 is 18.9. The van der Waals surface area contributed by atoms with Crippen molar-refractivity contribution in [3.63, 3.8) is 0 Å². The summed E-state index contributed by atoms with van der Waals surface area (Å²) in [6, 6.07) is 69.8. The number of tetrazole rings is 5. The summed E-state index contributed by atoms with van der Waals surface area (Å²) in [4.78, 5) is 62.0. The molecule has 0 saturated carbocycles. The Morgan fingerprint density at radius 3 is 0.843 bits per heavy atom. The Labute approximate surface area is 902 Å². The Kier molecular flexibility index (Phi) is 46.3. The van der Waals surface area contributed by atoms with Gasteiger partial charge in [0.25, 0.3) is 0 Å². The van der Waals surface area contributed by atoms with Crippen LogP contribution in [0.5, 0.6) is 40.2 Å². The number of thioether (sulfide) groups is 1. The molecule has 0 spiro atoms. The van der Waals surface area contributed by atoms with E-state index in [4.69, 9.17) is 33.2 Å². The molecule has 15 aromatic rings. The number of ether oxygens (including phenoxy) is 7. The quantitative estimate of drug-likeness (QED) is 0.0359. The van der Waals surface area contributed by atoms with Crippen molar-refractivity contribution in [2.24, 2.45) is 35.2 Å². The Morgan fingerprint density at radius 1 is 0.323 bits per heavy atom. The van der Waals surface area contributed by atoms with E-state index in [1.165, 1.54) is 46.8 Å². The van der Waals surface area contributed by atoms with Gasteiger partial charge in [-0.1, -0.05) is 71.8 Å². The maximum Gasteiger partial charge on any atom is 0.368 e. The summed E-state index contributed by atoms with van der Waals surface area (Å²) in [6.07, 6.45) is -0.0272. The van der Waals surface area contributed by atoms with Crippen LogP contribution in [0.3, 0.4) is 0 Å². The molecule has 0 fully saturated rings. The van der Waals surface area contributed by atoms with Crippen molar-refractivity contribution in [2.75, 3.05) is 12.4 Å². The molecule has 5 heterocycles. The summed E-state index contributed by atoms with van der Waals surface area (Å²) in [5.74, 6) is 5.66. The van der Waals surface area contributed by atoms with Gasteiger partial charge in [-0.25, -0.2) is 24.0 Å². The van der Waals surface area contributed by atoms with Gasteiger partial charge in [0.15, 0.2) is 0 Å². The van der Waals surface area contributed by atoms with Crippen LogP contribution < -0.4 is 61.6 Å². The van der Waals surface area contributed by atoms with E-state index in [1.54, 1.807) is 126 Å². The first-order valence-electron chi connectivity index (χ1n) is 37.2. The van der Waals surface area contributed by atoms with Crippen LogP contribution in [-0.4, -0.2) is 117 Å². The van der Waals surface area contributed by atoms with E-state index >= 15 is 0 Å². The van der Waals surface area contributed by atoms with Crippen molar-refractivity contribution < 1.29 is 197 Å². The van der Waals surface area contributed by atoms with Crippen LogP contribution in [0.15, 0.2) is 233 Å². The molecule has 0 amide bonds. The Balaban J connectivity index is 0.000000243. The fourth-order valence-corrected chi connectivity index (χ4v) is 14.1. The number of hydrogen-bond acceptors (Lipinski definition) is 23. The van der Waals surface area contributed by atoms with E-state index in [0.717, 1.165) is 60.8 Å². The first-order valence-corrected chi connectivity index (χ1v) is 42.1. The van der Waals surface area contributed by atoms with Gasteiger partial charge in [-0.3, -0.25) is 0 Å². The molecular formula is C84H78Br5N20O12SY5-5. The summed E-state index contributed by atoms with van der Waals surface area (Å²) in [5.41, 5.74) is 7.69. The van der Waals surface area contributed by atoms with E-state index in [-0.39, 0.29) is 211 Å². The number of nitrogens with zero attached hydrogens (tertiary/aromatic N) is 20. The molecule has 32 nitrogen and oxygen atoms in total. The number of aryl methyl sites for hydroxylation is 7. The largest absolute Gasteiger partial charge is 0.513 e. The predicted octanol–water partition coefficient (Wildman–Crippen LogP) is 13.4. The van der Waals surface area contributed by atoms with Crippen molar-refractivity contribution in [2.45, 2.75) is 85.6 Å². The van der Waals surface area contributed by atoms with E-state index in [0.29, 0.717) is 106 Å². The molecule has 0 N–H and O–H groups in total. The molecule has 127 heavy (non-hydrogen) atoms. The second-order valence-electron chi connectivity index (χ2n) is 26.1. The average Bonchev–Trinajstić information content (AvgIpc) is 1.73. The molecule has 5 radical (unpaired) electrons. The third kappa shape index (κ3) is 29.0. The zero-order valence-electron chi connectivity index (χ0n) is 70.4. The second kappa shape index (κ2) is 53.8. The molecule has 10 aromatic carbocycles. The second-order valence-corrected chi connectivity index (χ2v) is 31.7. The van der Waals surface area contributed by atoms with Crippen molar-refractivity contribution in [3.05, 3.63) is 326 Å². The predicted molar refractivity (Wildman–Crippen MR) is 472 cm³/mol. The van der Waals surface area contributed by atoms with Crippen LogP contribution in [0.4, 0.5) is 0 Å². The standard InChI is InChI=1S/C18H18BrN4O3.C17H16BrN4O3.C17H16BrN4O2S.2C16H14BrN4O2.5Y/c1-12(2)26-16-10-6-8-15(23-18(24)22(3)20-21-23)13(16)11-25-17-9-5-4-7-14(17)19;1-3-24-15-10-6-8-14(22-17(23)21(2)19-20-22)12(15)11-25-16-9-5-4-7-13(16)18;1-3-25-16-10-6-8-14(22-17(23)21(2)19-20-22)12(16)11-24-15-9-5-4-7-13(15)18;2*1-11-6-5-8-14(21-16(22)20(2)18-19-21)12(11)10-23-15-9-4-3-7-13(15)17;;;;;/h5-10,12H,11H2,1-3H3;2*5-10H,3,11H2,1-2H3;2*4-9H,10H2,1-2H3;;;;;/q5*-1;;;;;. The van der Waals surface area contributed by atoms with Crippen molar-refractivity contribution in [3.8, 4) is 68.7 Å². The molecule has 0 aliphatic heterocycles. The van der Waals surface area contributed by atoms with E-state index in [9.17, 15) is 24.0 Å². The van der Waals surface area contributed by atoms with Crippen molar-refractivity contribution >= 4 is 91.4 Å². The molecule has 5 aromatic heterocycles. The maximum absolute atomic E-state index is 12.3. The number of hydrogen-bond donors (Lipinski definition) is 0. The average molecular weight is 2440 g/mol. The van der Waals surface area contributed by atoms with Crippen molar-refractivity contribution in [1.29, 1.82) is 0 Å². The molecule has 43 heteroatoms. The molecule has 0 aliphatic rings. The third-order valence-electron chi connectivity index (χ3n) is 17.5. The summed E-state index contributed by atoms with van der Waals surface area (Å²) in [5, 5.41) is 38.5. The summed E-state index contributed by atoms with van der Waals surface area (Å²) in [7, 11) is 7.80. The maximum atomic E-state index is 12.3. The Morgan fingerprint density at radius 2 is 0.575 bits per heavy atom. The van der Waals surface area contributed by atoms with Gasteiger partial charge in [-0.15, -0.1) is 122 Å². The van der Waals surface area contributed by atoms with Gasteiger partial charge in [0.2, 0.25) is 0 Å². The normalized spacial score (nSPS) is 10.4. The molecule has 0 atom stereocenters. The van der Waals surface area contributed by atoms with Crippen LogP contribution in [-0.2, 0) is 232 Å². The number of benzene rings is 10. The Hall–Kier alpha value is -6.58. The van der Waals surface area contributed by atoms with E-state index in [2.05, 4.69) is 169 Å². The van der Waals surface area contributed by atoms with Gasteiger partial charge in [0, 0.05) is 249 Å². The van der Waals surface area contributed by atoms with Gasteiger partial charge in [0.1, 0.15) is 44.5 Å². The zero-order chi connectivity index (χ0) is 87.1. The molecule has 647 valence electrons. The molecule has 0 aliphatic carbocycles. The van der Waals surface area contributed by atoms with Crippen LogP contribution >= 0.6 is 91.4 Å². The first-order chi connectivity index (χ1) is 58.8. The molecule has 0 unspecified atom stereocenters. The first kappa shape index (κ1) is 109. The van der Waals surface area contributed by atoms with Crippen LogP contribution in [0.1, 0.15) is 66.6 Å². The minimum atomic E-state index is -0.344. The number of rotatable bonds is 26. The number of aromatic nitrogens is 20. The van der Waals surface area contributed by atoms with Gasteiger partial charge >= 0.3 is 28.4 Å². The van der Waals surface area contributed by atoms with Gasteiger partial charge < -0.3 is 33.2 Å². The van der Waals surface area contributed by atoms with Crippen LogP contribution in [0.25, 0.3) is 28.4 Å². The Bertz CT molecular complexity index is 6140. The van der Waals surface area contributed by atoms with E-state index < -0.39 is 0 Å². The topological polar surface area (TPSA) is 328 Å². The molecule has 15 rings (SSSR count). The molecular weight excluding hydrogens is 2360 g/mol. The summed E-state index contributed by atoms with van der Waals surface area (Å²) in [6.45, 7) is 13.6. The minimum Gasteiger partial charge on any atom is -0.513 e. The third-order valence-corrected chi connectivity index (χ3v) is 21.6. The SMILES string of the molecule is CC(C)Oc1cccc(-n2nnn(C)c2=O)c1COc1cc[c-]cc1Br.CCOc1cccc(-n2nnn(C)c2=O)c1COc1cc[c-]cc1Br.CCSc1cccc(-n2nnn(C)c2=O)c1COc1cc[c-]cc1Br.Cc1cccc(-n2nnn(C)c2=O)c1COc1cc[c-]cc1Br.Cc1cccc(-n2nnn(C)c2=O)c1COc1cc[c-]cc1Br.[Y].[Y].[Y].[Y].[Y]. The summed E-state index contributed by atoms with van der Waals surface area (Å²) < 4.78 is 57.5.